The first-order chi connectivity index (χ1) is 6.89. The van der Waals surface area contributed by atoms with Gasteiger partial charge in [-0.15, -0.1) is 0 Å². The van der Waals surface area contributed by atoms with Crippen LogP contribution >= 0.6 is 11.8 Å². The molecular weight excluding hydrogens is 202 g/mol. The van der Waals surface area contributed by atoms with E-state index in [1.165, 1.54) is 25.0 Å². The molecule has 0 aromatic heterocycles. The Morgan fingerprint density at radius 3 is 1.93 bits per heavy atom. The fourth-order valence-electron chi connectivity index (χ4n) is 1.71. The molecule has 0 saturated heterocycles. The second kappa shape index (κ2) is 6.80. The molecule has 0 bridgehead atoms. The Bertz CT molecular complexity index is 156. The van der Waals surface area contributed by atoms with Gasteiger partial charge in [0.05, 0.1) is 0 Å². The maximum atomic E-state index is 3.66. The van der Waals surface area contributed by atoms with Crippen LogP contribution in [0, 0.1) is 5.41 Å². The minimum Gasteiger partial charge on any atom is -0.312 e. The van der Waals surface area contributed by atoms with Crippen molar-refractivity contribution >= 4 is 11.8 Å². The lowest BCUT2D eigenvalue weighted by Crippen LogP contribution is -2.43. The van der Waals surface area contributed by atoms with Crippen LogP contribution in [0.15, 0.2) is 0 Å². The lowest BCUT2D eigenvalue weighted by atomic mass is 9.79. The molecule has 0 rings (SSSR count). The van der Waals surface area contributed by atoms with E-state index < -0.39 is 0 Å². The van der Waals surface area contributed by atoms with E-state index in [1.807, 2.05) is 11.8 Å². The van der Waals surface area contributed by atoms with Crippen molar-refractivity contribution in [1.29, 1.82) is 0 Å². The first-order valence-corrected chi connectivity index (χ1v) is 7.52. The van der Waals surface area contributed by atoms with Gasteiger partial charge in [-0.2, -0.15) is 11.8 Å². The predicted octanol–water partition coefficient (Wildman–Crippen LogP) is 3.93. The van der Waals surface area contributed by atoms with Crippen molar-refractivity contribution in [3.63, 3.8) is 0 Å². The van der Waals surface area contributed by atoms with Crippen LogP contribution in [0.2, 0.25) is 0 Å². The van der Waals surface area contributed by atoms with Crippen molar-refractivity contribution < 1.29 is 0 Å². The predicted molar refractivity (Wildman–Crippen MR) is 73.8 cm³/mol. The molecule has 0 radical (unpaired) electrons. The van der Waals surface area contributed by atoms with Crippen molar-refractivity contribution in [2.75, 3.05) is 18.6 Å². The van der Waals surface area contributed by atoms with Crippen LogP contribution in [0.4, 0.5) is 0 Å². The van der Waals surface area contributed by atoms with E-state index in [0.29, 0.717) is 5.41 Å². The first kappa shape index (κ1) is 15.3. The molecule has 0 spiro atoms. The summed E-state index contributed by atoms with van der Waals surface area (Å²) in [6, 6.07) is 0. The van der Waals surface area contributed by atoms with Crippen LogP contribution in [0.25, 0.3) is 0 Å². The summed E-state index contributed by atoms with van der Waals surface area (Å²) in [6.07, 6.45) is 6.11. The Labute approximate surface area is 101 Å². The van der Waals surface area contributed by atoms with Crippen LogP contribution in [-0.2, 0) is 0 Å². The Hall–Kier alpha value is 0.310. The summed E-state index contributed by atoms with van der Waals surface area (Å²) < 4.78 is 0. The Kier molecular flexibility index (Phi) is 6.94. The van der Waals surface area contributed by atoms with Crippen LogP contribution < -0.4 is 5.32 Å². The summed E-state index contributed by atoms with van der Waals surface area (Å²) in [4.78, 5) is 0. The molecule has 1 N–H and O–H groups in total. The molecule has 0 aromatic rings. The second-order valence-corrected chi connectivity index (χ2v) is 6.54. The molecule has 92 valence electrons. The third-order valence-electron chi connectivity index (χ3n) is 3.33. The van der Waals surface area contributed by atoms with E-state index in [4.69, 9.17) is 0 Å². The fourth-order valence-corrected chi connectivity index (χ4v) is 2.35. The zero-order valence-corrected chi connectivity index (χ0v) is 12.3. The summed E-state index contributed by atoms with van der Waals surface area (Å²) in [6.45, 7) is 12.6. The molecular formula is C13H29NS. The summed E-state index contributed by atoms with van der Waals surface area (Å²) >= 11 is 1.96. The van der Waals surface area contributed by atoms with Gasteiger partial charge in [-0.3, -0.25) is 0 Å². The number of thioether (sulfide) groups is 1. The average Bonchev–Trinajstić information content (AvgIpc) is 2.18. The zero-order valence-electron chi connectivity index (χ0n) is 11.4. The molecule has 15 heavy (non-hydrogen) atoms. The summed E-state index contributed by atoms with van der Waals surface area (Å²) in [5.74, 6) is 1.29. The van der Waals surface area contributed by atoms with Crippen molar-refractivity contribution in [2.45, 2.75) is 59.4 Å². The second-order valence-electron chi connectivity index (χ2n) is 5.55. The third-order valence-corrected chi connectivity index (χ3v) is 3.94. The third kappa shape index (κ3) is 6.47. The highest BCUT2D eigenvalue weighted by Crippen LogP contribution is 2.31. The molecule has 0 aromatic carbocycles. The van der Waals surface area contributed by atoms with Gasteiger partial charge in [-0.25, -0.2) is 0 Å². The van der Waals surface area contributed by atoms with Crippen LogP contribution in [0.5, 0.6) is 0 Å². The van der Waals surface area contributed by atoms with Crippen molar-refractivity contribution in [2.24, 2.45) is 5.41 Å². The molecule has 2 heteroatoms. The van der Waals surface area contributed by atoms with Gasteiger partial charge in [-0.05, 0) is 57.5 Å². The van der Waals surface area contributed by atoms with Crippen molar-refractivity contribution in [3.8, 4) is 0 Å². The highest BCUT2D eigenvalue weighted by molar-refractivity contribution is 7.98. The molecule has 0 aliphatic carbocycles. The maximum Gasteiger partial charge on any atom is 0.00967 e. The number of hydrogen-bond donors (Lipinski definition) is 1. The van der Waals surface area contributed by atoms with Crippen molar-refractivity contribution in [1.82, 2.24) is 5.32 Å². The van der Waals surface area contributed by atoms with Crippen LogP contribution in [-0.4, -0.2) is 24.1 Å². The molecule has 0 saturated carbocycles. The van der Waals surface area contributed by atoms with E-state index in [2.05, 4.69) is 46.2 Å². The van der Waals surface area contributed by atoms with E-state index in [-0.39, 0.29) is 5.54 Å². The number of nitrogens with one attached hydrogen (secondary N) is 1. The Morgan fingerprint density at radius 2 is 1.60 bits per heavy atom. The molecule has 1 nitrogen and oxygen atoms in total. The SMILES string of the molecule is CCC(CC)(CCSC)CNC(C)(C)C. The van der Waals surface area contributed by atoms with Gasteiger partial charge >= 0.3 is 0 Å². The molecule has 0 fully saturated rings. The summed E-state index contributed by atoms with van der Waals surface area (Å²) in [5.41, 5.74) is 0.755. The van der Waals surface area contributed by atoms with Gasteiger partial charge in [0.2, 0.25) is 0 Å². The molecule has 0 atom stereocenters. The minimum absolute atomic E-state index is 0.245. The Morgan fingerprint density at radius 1 is 1.07 bits per heavy atom. The number of hydrogen-bond acceptors (Lipinski definition) is 2. The Balaban J connectivity index is 4.23. The van der Waals surface area contributed by atoms with Crippen LogP contribution in [0.3, 0.4) is 0 Å². The monoisotopic (exact) mass is 231 g/mol. The molecule has 0 unspecified atom stereocenters. The molecule has 0 amide bonds. The lowest BCUT2D eigenvalue weighted by Gasteiger charge is -2.35. The standard InChI is InChI=1S/C13H29NS/c1-7-13(8-2,9-10-15-6)11-14-12(3,4)5/h14H,7-11H2,1-6H3. The normalized spacial score (nSPS) is 13.2. The molecule has 0 aliphatic rings. The summed E-state index contributed by atoms with van der Waals surface area (Å²) in [5, 5.41) is 3.66. The highest BCUT2D eigenvalue weighted by atomic mass is 32.2. The van der Waals surface area contributed by atoms with Crippen molar-refractivity contribution in [3.05, 3.63) is 0 Å². The van der Waals surface area contributed by atoms with E-state index in [0.717, 1.165) is 6.54 Å². The molecule has 0 heterocycles. The zero-order chi connectivity index (χ0) is 11.9. The first-order valence-electron chi connectivity index (χ1n) is 6.13. The lowest BCUT2D eigenvalue weighted by molar-refractivity contribution is 0.215. The van der Waals surface area contributed by atoms with E-state index in [1.54, 1.807) is 0 Å². The van der Waals surface area contributed by atoms with Gasteiger partial charge in [0.25, 0.3) is 0 Å². The number of rotatable bonds is 7. The highest BCUT2D eigenvalue weighted by Gasteiger charge is 2.26. The van der Waals surface area contributed by atoms with E-state index >= 15 is 0 Å². The smallest absolute Gasteiger partial charge is 0.00967 e. The minimum atomic E-state index is 0.245. The average molecular weight is 231 g/mol. The topological polar surface area (TPSA) is 12.0 Å². The quantitative estimate of drug-likeness (QED) is 0.712. The van der Waals surface area contributed by atoms with Gasteiger partial charge in [0.1, 0.15) is 0 Å². The molecule has 0 aliphatic heterocycles. The van der Waals surface area contributed by atoms with Gasteiger partial charge in [0.15, 0.2) is 0 Å². The largest absolute Gasteiger partial charge is 0.312 e. The van der Waals surface area contributed by atoms with Gasteiger partial charge in [-0.1, -0.05) is 13.8 Å². The van der Waals surface area contributed by atoms with Gasteiger partial charge < -0.3 is 5.32 Å². The maximum absolute atomic E-state index is 3.66. The summed E-state index contributed by atoms with van der Waals surface area (Å²) in [7, 11) is 0. The fraction of sp³-hybridized carbons (Fsp3) is 1.00. The van der Waals surface area contributed by atoms with E-state index in [9.17, 15) is 0 Å². The van der Waals surface area contributed by atoms with Crippen LogP contribution in [0.1, 0.15) is 53.9 Å². The van der Waals surface area contributed by atoms with Gasteiger partial charge in [0, 0.05) is 12.1 Å².